The third kappa shape index (κ3) is 2.58. The number of para-hydroxylation sites is 1. The van der Waals surface area contributed by atoms with Gasteiger partial charge in [0.2, 0.25) is 5.91 Å². The van der Waals surface area contributed by atoms with Crippen LogP contribution in [0.25, 0.3) is 0 Å². The first-order valence-corrected chi connectivity index (χ1v) is 5.84. The van der Waals surface area contributed by atoms with E-state index < -0.39 is 5.54 Å². The number of aliphatic hydroxyl groups is 1. The Morgan fingerprint density at radius 3 is 2.59 bits per heavy atom. The third-order valence-corrected chi connectivity index (χ3v) is 3.36. The zero-order valence-corrected chi connectivity index (χ0v) is 9.65. The van der Waals surface area contributed by atoms with Crippen molar-refractivity contribution in [3.8, 4) is 5.75 Å². The average Bonchev–Trinajstić information content (AvgIpc) is 2.27. The number of amides is 1. The van der Waals surface area contributed by atoms with Crippen molar-refractivity contribution in [2.75, 3.05) is 6.61 Å². The molecule has 92 valence electrons. The Hall–Kier alpha value is -1.55. The summed E-state index contributed by atoms with van der Waals surface area (Å²) < 4.78 is 0. The van der Waals surface area contributed by atoms with Crippen LogP contribution >= 0.6 is 0 Å². The number of rotatable bonds is 4. The van der Waals surface area contributed by atoms with Crippen molar-refractivity contribution in [2.45, 2.75) is 31.2 Å². The normalized spacial score (nSPS) is 17.2. The van der Waals surface area contributed by atoms with E-state index in [1.165, 1.54) is 0 Å². The fraction of sp³-hybridized carbons (Fsp3) is 0.462. The van der Waals surface area contributed by atoms with Crippen LogP contribution in [0.2, 0.25) is 0 Å². The van der Waals surface area contributed by atoms with Gasteiger partial charge in [0.05, 0.1) is 18.6 Å². The molecule has 1 aliphatic carbocycles. The Bertz CT molecular complexity index is 407. The predicted molar refractivity (Wildman–Crippen MR) is 63.6 cm³/mol. The molecule has 1 amide bonds. The number of carbonyl (C=O) groups is 1. The molecule has 4 nitrogen and oxygen atoms in total. The Morgan fingerprint density at radius 2 is 2.06 bits per heavy atom. The van der Waals surface area contributed by atoms with Crippen LogP contribution in [0.4, 0.5) is 0 Å². The maximum absolute atomic E-state index is 11.8. The van der Waals surface area contributed by atoms with Gasteiger partial charge < -0.3 is 15.5 Å². The number of hydrogen-bond donors (Lipinski definition) is 3. The number of phenols is 1. The summed E-state index contributed by atoms with van der Waals surface area (Å²) in [6.07, 6.45) is 2.85. The number of aliphatic hydroxyl groups excluding tert-OH is 1. The zero-order chi connectivity index (χ0) is 12.3. The molecule has 0 bridgehead atoms. The van der Waals surface area contributed by atoms with Gasteiger partial charge in [0.15, 0.2) is 0 Å². The van der Waals surface area contributed by atoms with Crippen molar-refractivity contribution in [1.82, 2.24) is 5.32 Å². The molecule has 1 aromatic rings. The Labute approximate surface area is 100 Å². The van der Waals surface area contributed by atoms with Gasteiger partial charge in [-0.15, -0.1) is 0 Å². The molecule has 0 aliphatic heterocycles. The van der Waals surface area contributed by atoms with Gasteiger partial charge in [0.25, 0.3) is 0 Å². The number of carbonyl (C=O) groups excluding carboxylic acids is 1. The third-order valence-electron chi connectivity index (χ3n) is 3.36. The topological polar surface area (TPSA) is 69.6 Å². The Morgan fingerprint density at radius 1 is 1.35 bits per heavy atom. The number of phenolic OH excluding ortho intramolecular Hbond substituents is 1. The monoisotopic (exact) mass is 235 g/mol. The van der Waals surface area contributed by atoms with E-state index in [2.05, 4.69) is 5.32 Å². The molecule has 2 rings (SSSR count). The molecular weight excluding hydrogens is 218 g/mol. The van der Waals surface area contributed by atoms with Crippen molar-refractivity contribution in [1.29, 1.82) is 0 Å². The number of benzene rings is 1. The lowest BCUT2D eigenvalue weighted by Gasteiger charge is -2.41. The van der Waals surface area contributed by atoms with Gasteiger partial charge in [-0.3, -0.25) is 4.79 Å². The van der Waals surface area contributed by atoms with Crippen LogP contribution in [0.3, 0.4) is 0 Å². The first kappa shape index (κ1) is 11.9. The fourth-order valence-corrected chi connectivity index (χ4v) is 2.10. The zero-order valence-electron chi connectivity index (χ0n) is 9.65. The van der Waals surface area contributed by atoms with Gasteiger partial charge in [-0.2, -0.15) is 0 Å². The molecule has 0 spiro atoms. The molecule has 0 saturated heterocycles. The summed E-state index contributed by atoms with van der Waals surface area (Å²) in [6, 6.07) is 6.79. The summed E-state index contributed by atoms with van der Waals surface area (Å²) in [5, 5.41) is 21.7. The highest BCUT2D eigenvalue weighted by molar-refractivity contribution is 5.80. The van der Waals surface area contributed by atoms with Crippen LogP contribution in [-0.4, -0.2) is 28.3 Å². The lowest BCUT2D eigenvalue weighted by molar-refractivity contribution is -0.124. The SMILES string of the molecule is O=C(Cc1ccccc1O)NC1(CO)CCC1. The van der Waals surface area contributed by atoms with Gasteiger partial charge >= 0.3 is 0 Å². The molecule has 3 N–H and O–H groups in total. The first-order chi connectivity index (χ1) is 8.15. The van der Waals surface area contributed by atoms with Gasteiger partial charge in [-0.1, -0.05) is 18.2 Å². The molecule has 17 heavy (non-hydrogen) atoms. The van der Waals surface area contributed by atoms with Crippen LogP contribution < -0.4 is 5.32 Å². The van der Waals surface area contributed by atoms with Gasteiger partial charge in [0, 0.05) is 5.56 Å². The fourth-order valence-electron chi connectivity index (χ4n) is 2.10. The van der Waals surface area contributed by atoms with E-state index in [-0.39, 0.29) is 24.7 Å². The van der Waals surface area contributed by atoms with Crippen molar-refractivity contribution in [2.24, 2.45) is 0 Å². The second-order valence-corrected chi connectivity index (χ2v) is 4.65. The molecule has 0 aromatic heterocycles. The molecular formula is C13H17NO3. The number of nitrogens with one attached hydrogen (secondary N) is 1. The largest absolute Gasteiger partial charge is 0.508 e. The molecule has 1 fully saturated rings. The van der Waals surface area contributed by atoms with Crippen molar-refractivity contribution >= 4 is 5.91 Å². The standard InChI is InChI=1S/C13H17NO3/c15-9-13(6-3-7-13)14-12(17)8-10-4-1-2-5-11(10)16/h1-2,4-5,15-16H,3,6-9H2,(H,14,17). The Balaban J connectivity index is 1.96. The van der Waals surface area contributed by atoms with E-state index in [0.29, 0.717) is 5.56 Å². The molecule has 0 heterocycles. The minimum atomic E-state index is -0.415. The van der Waals surface area contributed by atoms with Crippen molar-refractivity contribution in [3.63, 3.8) is 0 Å². The van der Waals surface area contributed by atoms with E-state index in [1.807, 2.05) is 0 Å². The molecule has 4 heteroatoms. The van der Waals surface area contributed by atoms with Crippen LogP contribution in [0.15, 0.2) is 24.3 Å². The van der Waals surface area contributed by atoms with Crippen LogP contribution in [0.1, 0.15) is 24.8 Å². The smallest absolute Gasteiger partial charge is 0.225 e. The molecule has 0 radical (unpaired) electrons. The summed E-state index contributed by atoms with van der Waals surface area (Å²) in [5.41, 5.74) is 0.194. The van der Waals surface area contributed by atoms with E-state index in [0.717, 1.165) is 19.3 Å². The second-order valence-electron chi connectivity index (χ2n) is 4.65. The molecule has 1 aliphatic rings. The van der Waals surface area contributed by atoms with E-state index >= 15 is 0 Å². The summed E-state index contributed by atoms with van der Waals surface area (Å²) in [4.78, 5) is 11.8. The van der Waals surface area contributed by atoms with Crippen molar-refractivity contribution < 1.29 is 15.0 Å². The minimum Gasteiger partial charge on any atom is -0.508 e. The predicted octanol–water partition coefficient (Wildman–Crippen LogP) is 0.966. The highest BCUT2D eigenvalue weighted by Crippen LogP contribution is 2.31. The van der Waals surface area contributed by atoms with Crippen LogP contribution in [-0.2, 0) is 11.2 Å². The van der Waals surface area contributed by atoms with Gasteiger partial charge in [-0.05, 0) is 25.3 Å². The summed E-state index contributed by atoms with van der Waals surface area (Å²) in [7, 11) is 0. The maximum Gasteiger partial charge on any atom is 0.225 e. The van der Waals surface area contributed by atoms with Crippen molar-refractivity contribution in [3.05, 3.63) is 29.8 Å². The Kier molecular flexibility index (Phi) is 3.33. The quantitative estimate of drug-likeness (QED) is 0.728. The first-order valence-electron chi connectivity index (χ1n) is 5.84. The summed E-state index contributed by atoms with van der Waals surface area (Å²) >= 11 is 0. The van der Waals surface area contributed by atoms with E-state index in [4.69, 9.17) is 0 Å². The lowest BCUT2D eigenvalue weighted by Crippen LogP contribution is -2.56. The number of aromatic hydroxyl groups is 1. The maximum atomic E-state index is 11.8. The highest BCUT2D eigenvalue weighted by Gasteiger charge is 2.37. The van der Waals surface area contributed by atoms with Crippen LogP contribution in [0, 0.1) is 0 Å². The van der Waals surface area contributed by atoms with E-state index in [1.54, 1.807) is 24.3 Å². The van der Waals surface area contributed by atoms with Crippen LogP contribution in [0.5, 0.6) is 5.75 Å². The number of hydrogen-bond acceptors (Lipinski definition) is 3. The lowest BCUT2D eigenvalue weighted by atomic mass is 9.77. The molecule has 1 aromatic carbocycles. The molecule has 1 saturated carbocycles. The highest BCUT2D eigenvalue weighted by atomic mass is 16.3. The average molecular weight is 235 g/mol. The molecule has 0 atom stereocenters. The second kappa shape index (κ2) is 4.75. The van der Waals surface area contributed by atoms with E-state index in [9.17, 15) is 15.0 Å². The van der Waals surface area contributed by atoms with Gasteiger partial charge in [0.1, 0.15) is 5.75 Å². The summed E-state index contributed by atoms with van der Waals surface area (Å²) in [6.45, 7) is -0.0144. The molecule has 0 unspecified atom stereocenters. The summed E-state index contributed by atoms with van der Waals surface area (Å²) in [5.74, 6) is -0.0189. The van der Waals surface area contributed by atoms with Gasteiger partial charge in [-0.25, -0.2) is 0 Å². The minimum absolute atomic E-state index is 0.0144.